The topological polar surface area (TPSA) is 52.9 Å². The van der Waals surface area contributed by atoms with Gasteiger partial charge in [-0.15, -0.1) is 0 Å². The van der Waals surface area contributed by atoms with Gasteiger partial charge in [0.1, 0.15) is 0 Å². The van der Waals surface area contributed by atoms with E-state index in [-0.39, 0.29) is 11.7 Å². The Kier molecular flexibility index (Phi) is 3.03. The van der Waals surface area contributed by atoms with E-state index < -0.39 is 0 Å². The molecule has 1 aromatic heterocycles. The van der Waals surface area contributed by atoms with Crippen LogP contribution in [0.25, 0.3) is 0 Å². The normalized spacial score (nSPS) is 16.5. The van der Waals surface area contributed by atoms with Crippen molar-refractivity contribution in [2.45, 2.75) is 38.4 Å². The molecule has 0 radical (unpaired) electrons. The molecule has 1 atom stereocenters. The summed E-state index contributed by atoms with van der Waals surface area (Å²) < 4.78 is 3.54. The number of rotatable bonds is 4. The molecule has 4 nitrogen and oxygen atoms in total. The lowest BCUT2D eigenvalue weighted by molar-refractivity contribution is 0.545. The van der Waals surface area contributed by atoms with Gasteiger partial charge in [0.2, 0.25) is 0 Å². The Labute approximate surface area is 112 Å². The van der Waals surface area contributed by atoms with Gasteiger partial charge in [-0.1, -0.05) is 29.8 Å². The molecule has 0 bridgehead atoms. The number of aryl methyl sites for hydroxylation is 1. The van der Waals surface area contributed by atoms with E-state index >= 15 is 0 Å². The molecule has 1 aromatic carbocycles. The summed E-state index contributed by atoms with van der Waals surface area (Å²) in [6.07, 6.45) is 5.96. The second kappa shape index (κ2) is 4.70. The van der Waals surface area contributed by atoms with Gasteiger partial charge < -0.3 is 5.73 Å². The molecule has 4 heteroatoms. The van der Waals surface area contributed by atoms with Crippen molar-refractivity contribution < 1.29 is 0 Å². The fourth-order valence-electron chi connectivity index (χ4n) is 2.42. The maximum Gasteiger partial charge on any atom is 0.328 e. The van der Waals surface area contributed by atoms with Gasteiger partial charge in [-0.3, -0.25) is 9.13 Å². The number of hydrogen-bond acceptors (Lipinski definition) is 2. The molecule has 1 aliphatic carbocycles. The molecule has 19 heavy (non-hydrogen) atoms. The van der Waals surface area contributed by atoms with Crippen molar-refractivity contribution >= 4 is 0 Å². The van der Waals surface area contributed by atoms with Crippen molar-refractivity contribution in [3.8, 4) is 0 Å². The van der Waals surface area contributed by atoms with Crippen LogP contribution in [0.2, 0.25) is 0 Å². The highest BCUT2D eigenvalue weighted by Crippen LogP contribution is 2.33. The molecule has 0 aliphatic heterocycles. The molecule has 1 heterocycles. The first-order valence-corrected chi connectivity index (χ1v) is 6.74. The Morgan fingerprint density at radius 3 is 2.84 bits per heavy atom. The predicted molar refractivity (Wildman–Crippen MR) is 75.1 cm³/mol. The van der Waals surface area contributed by atoms with E-state index in [0.29, 0.717) is 12.6 Å². The fraction of sp³-hybridized carbons (Fsp3) is 0.400. The summed E-state index contributed by atoms with van der Waals surface area (Å²) >= 11 is 0. The minimum Gasteiger partial charge on any atom is -0.322 e. The van der Waals surface area contributed by atoms with E-state index in [9.17, 15) is 4.79 Å². The largest absolute Gasteiger partial charge is 0.328 e. The van der Waals surface area contributed by atoms with Gasteiger partial charge in [0.15, 0.2) is 0 Å². The SMILES string of the molecule is Cc1cccc(C(N)Cn2ccn(C3CC3)c2=O)c1. The van der Waals surface area contributed by atoms with Gasteiger partial charge in [0.25, 0.3) is 0 Å². The quantitative estimate of drug-likeness (QED) is 0.910. The summed E-state index contributed by atoms with van der Waals surface area (Å²) in [6.45, 7) is 2.58. The molecule has 1 fully saturated rings. The number of imidazole rings is 1. The monoisotopic (exact) mass is 257 g/mol. The van der Waals surface area contributed by atoms with Crippen LogP contribution < -0.4 is 11.4 Å². The summed E-state index contributed by atoms with van der Waals surface area (Å²) in [4.78, 5) is 12.2. The molecule has 2 aromatic rings. The first kappa shape index (κ1) is 12.2. The van der Waals surface area contributed by atoms with Crippen LogP contribution >= 0.6 is 0 Å². The summed E-state index contributed by atoms with van der Waals surface area (Å²) in [7, 11) is 0. The average Bonchev–Trinajstić information content (AvgIpc) is 3.16. The van der Waals surface area contributed by atoms with Crippen LogP contribution in [0, 0.1) is 6.92 Å². The highest BCUT2D eigenvalue weighted by Gasteiger charge is 2.25. The number of aromatic nitrogens is 2. The summed E-state index contributed by atoms with van der Waals surface area (Å²) in [6, 6.07) is 8.42. The van der Waals surface area contributed by atoms with Crippen LogP contribution in [0.3, 0.4) is 0 Å². The Bertz CT molecular complexity index is 637. The first-order valence-electron chi connectivity index (χ1n) is 6.74. The molecule has 0 saturated heterocycles. The lowest BCUT2D eigenvalue weighted by atomic mass is 10.1. The minimum absolute atomic E-state index is 0.0607. The number of nitrogens with two attached hydrogens (primary N) is 1. The standard InChI is InChI=1S/C15H19N3O/c1-11-3-2-4-12(9-11)14(16)10-17-7-8-18(15(17)19)13-5-6-13/h2-4,7-9,13-14H,5-6,10,16H2,1H3. The van der Waals surface area contributed by atoms with Crippen LogP contribution in [0.5, 0.6) is 0 Å². The van der Waals surface area contributed by atoms with E-state index in [1.165, 1.54) is 5.56 Å². The van der Waals surface area contributed by atoms with Gasteiger partial charge >= 0.3 is 5.69 Å². The maximum absolute atomic E-state index is 12.2. The summed E-state index contributed by atoms with van der Waals surface area (Å²) in [5.41, 5.74) is 8.52. The number of hydrogen-bond donors (Lipinski definition) is 1. The van der Waals surface area contributed by atoms with Gasteiger partial charge in [-0.2, -0.15) is 0 Å². The van der Waals surface area contributed by atoms with Crippen LogP contribution in [-0.2, 0) is 6.54 Å². The van der Waals surface area contributed by atoms with Gasteiger partial charge in [0.05, 0.1) is 0 Å². The van der Waals surface area contributed by atoms with Crippen molar-refractivity contribution in [1.82, 2.24) is 9.13 Å². The molecule has 0 amide bonds. The predicted octanol–water partition coefficient (Wildman–Crippen LogP) is 1.99. The molecule has 100 valence electrons. The van der Waals surface area contributed by atoms with Crippen LogP contribution in [0.15, 0.2) is 41.5 Å². The van der Waals surface area contributed by atoms with E-state index in [1.54, 1.807) is 4.57 Å². The van der Waals surface area contributed by atoms with Gasteiger partial charge in [-0.05, 0) is 25.3 Å². The third-order valence-corrected chi connectivity index (χ3v) is 3.68. The maximum atomic E-state index is 12.2. The zero-order valence-corrected chi connectivity index (χ0v) is 11.1. The summed E-state index contributed by atoms with van der Waals surface area (Å²) in [5, 5.41) is 0. The Morgan fingerprint density at radius 1 is 1.37 bits per heavy atom. The smallest absolute Gasteiger partial charge is 0.322 e. The molecular weight excluding hydrogens is 238 g/mol. The van der Waals surface area contributed by atoms with E-state index in [0.717, 1.165) is 18.4 Å². The minimum atomic E-state index is -0.146. The fourth-order valence-corrected chi connectivity index (χ4v) is 2.42. The summed E-state index contributed by atoms with van der Waals surface area (Å²) in [5.74, 6) is 0. The number of benzene rings is 1. The second-order valence-corrected chi connectivity index (χ2v) is 5.39. The second-order valence-electron chi connectivity index (χ2n) is 5.39. The Hall–Kier alpha value is -1.81. The van der Waals surface area contributed by atoms with Crippen LogP contribution in [0.4, 0.5) is 0 Å². The van der Waals surface area contributed by atoms with E-state index in [1.807, 2.05) is 42.1 Å². The zero-order valence-electron chi connectivity index (χ0n) is 11.1. The lowest BCUT2D eigenvalue weighted by Crippen LogP contribution is -2.28. The van der Waals surface area contributed by atoms with Crippen molar-refractivity contribution in [2.75, 3.05) is 0 Å². The zero-order chi connectivity index (χ0) is 13.4. The van der Waals surface area contributed by atoms with Crippen molar-refractivity contribution in [3.63, 3.8) is 0 Å². The highest BCUT2D eigenvalue weighted by molar-refractivity contribution is 5.24. The molecule has 0 spiro atoms. The van der Waals surface area contributed by atoms with E-state index in [4.69, 9.17) is 5.73 Å². The third-order valence-electron chi connectivity index (χ3n) is 3.68. The van der Waals surface area contributed by atoms with Crippen molar-refractivity contribution in [2.24, 2.45) is 5.73 Å². The average molecular weight is 257 g/mol. The number of nitrogens with zero attached hydrogens (tertiary/aromatic N) is 2. The van der Waals surface area contributed by atoms with E-state index in [2.05, 4.69) is 6.07 Å². The van der Waals surface area contributed by atoms with Crippen LogP contribution in [-0.4, -0.2) is 9.13 Å². The molecule has 1 aliphatic rings. The molecule has 3 rings (SSSR count). The van der Waals surface area contributed by atoms with Crippen molar-refractivity contribution in [3.05, 3.63) is 58.3 Å². The van der Waals surface area contributed by atoms with Gasteiger partial charge in [-0.25, -0.2) is 4.79 Å². The lowest BCUT2D eigenvalue weighted by Gasteiger charge is -2.12. The van der Waals surface area contributed by atoms with Crippen LogP contribution in [0.1, 0.15) is 36.1 Å². The molecular formula is C15H19N3O. The molecule has 1 unspecified atom stereocenters. The van der Waals surface area contributed by atoms with Crippen molar-refractivity contribution in [1.29, 1.82) is 0 Å². The first-order chi connectivity index (χ1) is 9.15. The highest BCUT2D eigenvalue weighted by atomic mass is 16.1. The van der Waals surface area contributed by atoms with Gasteiger partial charge in [0, 0.05) is 31.0 Å². The third kappa shape index (κ3) is 2.49. The Balaban J connectivity index is 1.79. The molecule has 1 saturated carbocycles. The molecule has 2 N–H and O–H groups in total. The Morgan fingerprint density at radius 2 is 2.16 bits per heavy atom.